The van der Waals surface area contributed by atoms with Crippen LogP contribution in [0.1, 0.15) is 47.0 Å². The van der Waals surface area contributed by atoms with Crippen LogP contribution in [0, 0.1) is 11.3 Å². The van der Waals surface area contributed by atoms with E-state index in [0.717, 1.165) is 6.42 Å². The number of nitrogens with one attached hydrogen (secondary N) is 2. The van der Waals surface area contributed by atoms with Crippen molar-refractivity contribution >= 4 is 17.7 Å². The van der Waals surface area contributed by atoms with E-state index in [-0.39, 0.29) is 35.6 Å². The fourth-order valence-electron chi connectivity index (χ4n) is 2.46. The molecule has 0 aromatic heterocycles. The van der Waals surface area contributed by atoms with Crippen molar-refractivity contribution in [1.29, 1.82) is 0 Å². The van der Waals surface area contributed by atoms with Gasteiger partial charge in [0.05, 0.1) is 6.54 Å². The average molecular weight is 311 g/mol. The first kappa shape index (κ1) is 18.5. The third kappa shape index (κ3) is 5.66. The van der Waals surface area contributed by atoms with Crippen molar-refractivity contribution in [3.63, 3.8) is 0 Å². The second-order valence-corrected chi connectivity index (χ2v) is 6.88. The van der Waals surface area contributed by atoms with E-state index >= 15 is 0 Å². The maximum absolute atomic E-state index is 12.2. The summed E-state index contributed by atoms with van der Waals surface area (Å²) in [4.78, 5) is 37.5. The minimum absolute atomic E-state index is 0.0277. The highest BCUT2D eigenvalue weighted by molar-refractivity contribution is 5.86. The van der Waals surface area contributed by atoms with Gasteiger partial charge in [0.1, 0.15) is 0 Å². The number of amides is 3. The number of hydrogen-bond donors (Lipinski definition) is 2. The molecule has 0 bridgehead atoms. The van der Waals surface area contributed by atoms with E-state index in [4.69, 9.17) is 0 Å². The summed E-state index contributed by atoms with van der Waals surface area (Å²) in [5, 5.41) is 5.40. The molecular formula is C16H29N3O3. The number of hydrogen-bond acceptors (Lipinski definition) is 3. The Bertz CT molecular complexity index is 407. The van der Waals surface area contributed by atoms with Gasteiger partial charge in [-0.2, -0.15) is 0 Å². The lowest BCUT2D eigenvalue weighted by Crippen LogP contribution is -2.47. The van der Waals surface area contributed by atoms with Gasteiger partial charge in [-0.15, -0.1) is 0 Å². The molecule has 0 aromatic rings. The van der Waals surface area contributed by atoms with Crippen LogP contribution in [-0.4, -0.2) is 48.8 Å². The normalized spacial score (nSPS) is 16.3. The van der Waals surface area contributed by atoms with Gasteiger partial charge < -0.3 is 15.5 Å². The number of carbonyl (C=O) groups excluding carboxylic acids is 3. The summed E-state index contributed by atoms with van der Waals surface area (Å²) in [5.74, 6) is -0.224. The summed E-state index contributed by atoms with van der Waals surface area (Å²) in [7, 11) is 0. The van der Waals surface area contributed by atoms with E-state index in [1.165, 1.54) is 0 Å². The zero-order valence-corrected chi connectivity index (χ0v) is 14.2. The van der Waals surface area contributed by atoms with Gasteiger partial charge in [-0.1, -0.05) is 27.7 Å². The van der Waals surface area contributed by atoms with Crippen molar-refractivity contribution in [1.82, 2.24) is 15.5 Å². The van der Waals surface area contributed by atoms with Gasteiger partial charge in [0, 0.05) is 31.0 Å². The van der Waals surface area contributed by atoms with Gasteiger partial charge in [0.15, 0.2) is 0 Å². The predicted molar refractivity (Wildman–Crippen MR) is 85.1 cm³/mol. The zero-order chi connectivity index (χ0) is 16.8. The van der Waals surface area contributed by atoms with Crippen LogP contribution in [0.3, 0.4) is 0 Å². The molecule has 0 aromatic carbocycles. The molecule has 2 N–H and O–H groups in total. The van der Waals surface area contributed by atoms with Crippen molar-refractivity contribution in [3.8, 4) is 0 Å². The summed E-state index contributed by atoms with van der Waals surface area (Å²) in [6, 6.07) is 0. The molecule has 0 spiro atoms. The monoisotopic (exact) mass is 311 g/mol. The van der Waals surface area contributed by atoms with Gasteiger partial charge >= 0.3 is 0 Å². The molecule has 0 radical (unpaired) electrons. The molecule has 126 valence electrons. The third-order valence-electron chi connectivity index (χ3n) is 3.79. The Balaban J connectivity index is 2.34. The zero-order valence-electron chi connectivity index (χ0n) is 14.2. The maximum atomic E-state index is 12.2. The lowest BCUT2D eigenvalue weighted by atomic mass is 9.90. The predicted octanol–water partition coefficient (Wildman–Crippen LogP) is 0.913. The fraction of sp³-hybridized carbons (Fsp3) is 0.812. The highest BCUT2D eigenvalue weighted by Crippen LogP contribution is 2.23. The van der Waals surface area contributed by atoms with E-state index in [1.54, 1.807) is 0 Å². The number of nitrogens with zero attached hydrogens (tertiary/aromatic N) is 1. The lowest BCUT2D eigenvalue weighted by molar-refractivity contribution is -0.142. The molecule has 1 aliphatic rings. The molecule has 1 heterocycles. The van der Waals surface area contributed by atoms with E-state index in [2.05, 4.69) is 10.6 Å². The summed E-state index contributed by atoms with van der Waals surface area (Å²) >= 11 is 0. The third-order valence-corrected chi connectivity index (χ3v) is 3.79. The molecule has 22 heavy (non-hydrogen) atoms. The SMILES string of the molecule is CCCNC(=O)CNC(=O)C1CCN(C(=O)C(C)(C)C)CC1. The highest BCUT2D eigenvalue weighted by Gasteiger charge is 2.32. The Kier molecular flexibility index (Phi) is 6.84. The highest BCUT2D eigenvalue weighted by atomic mass is 16.2. The van der Waals surface area contributed by atoms with Crippen molar-refractivity contribution in [3.05, 3.63) is 0 Å². The summed E-state index contributed by atoms with van der Waals surface area (Å²) in [6.45, 7) is 9.56. The van der Waals surface area contributed by atoms with Gasteiger partial charge in [-0.3, -0.25) is 14.4 Å². The molecule has 1 fully saturated rings. The Morgan fingerprint density at radius 1 is 1.09 bits per heavy atom. The second kappa shape index (κ2) is 8.15. The van der Waals surface area contributed by atoms with Crippen LogP contribution < -0.4 is 10.6 Å². The van der Waals surface area contributed by atoms with Crippen LogP contribution in [0.2, 0.25) is 0 Å². The molecule has 0 aliphatic carbocycles. The van der Waals surface area contributed by atoms with E-state index < -0.39 is 0 Å². The molecule has 1 rings (SSSR count). The molecule has 6 nitrogen and oxygen atoms in total. The van der Waals surface area contributed by atoms with Crippen LogP contribution in [0.25, 0.3) is 0 Å². The van der Waals surface area contributed by atoms with Gasteiger partial charge in [-0.25, -0.2) is 0 Å². The molecule has 3 amide bonds. The molecule has 0 atom stereocenters. The summed E-state index contributed by atoms with van der Waals surface area (Å²) < 4.78 is 0. The Morgan fingerprint density at radius 2 is 1.68 bits per heavy atom. The minimum atomic E-state index is -0.382. The molecule has 1 saturated heterocycles. The molecule has 1 aliphatic heterocycles. The first-order chi connectivity index (χ1) is 10.3. The average Bonchev–Trinajstić information content (AvgIpc) is 2.49. The summed E-state index contributed by atoms with van der Waals surface area (Å²) in [6.07, 6.45) is 2.19. The maximum Gasteiger partial charge on any atom is 0.239 e. The Hall–Kier alpha value is -1.59. The van der Waals surface area contributed by atoms with Crippen molar-refractivity contribution in [2.75, 3.05) is 26.2 Å². The number of carbonyl (C=O) groups is 3. The molecular weight excluding hydrogens is 282 g/mol. The topological polar surface area (TPSA) is 78.5 Å². The van der Waals surface area contributed by atoms with Crippen molar-refractivity contribution < 1.29 is 14.4 Å². The van der Waals surface area contributed by atoms with E-state index in [9.17, 15) is 14.4 Å². The number of piperidine rings is 1. The fourth-order valence-corrected chi connectivity index (χ4v) is 2.46. The molecule has 6 heteroatoms. The van der Waals surface area contributed by atoms with Gasteiger partial charge in [0.2, 0.25) is 17.7 Å². The first-order valence-electron chi connectivity index (χ1n) is 8.09. The number of likely N-dealkylation sites (tertiary alicyclic amines) is 1. The Labute approximate surface area is 133 Å². The van der Waals surface area contributed by atoms with Crippen LogP contribution in [-0.2, 0) is 14.4 Å². The second-order valence-electron chi connectivity index (χ2n) is 6.88. The summed E-state index contributed by atoms with van der Waals surface area (Å²) in [5.41, 5.74) is -0.382. The molecule has 0 unspecified atom stereocenters. The van der Waals surface area contributed by atoms with Crippen LogP contribution in [0.5, 0.6) is 0 Å². The lowest BCUT2D eigenvalue weighted by Gasteiger charge is -2.35. The van der Waals surface area contributed by atoms with Crippen molar-refractivity contribution in [2.45, 2.75) is 47.0 Å². The first-order valence-corrected chi connectivity index (χ1v) is 8.09. The van der Waals surface area contributed by atoms with Crippen LogP contribution in [0.4, 0.5) is 0 Å². The standard InChI is InChI=1S/C16H29N3O3/c1-5-8-17-13(20)11-18-14(21)12-6-9-19(10-7-12)15(22)16(2,3)4/h12H,5-11H2,1-4H3,(H,17,20)(H,18,21). The Morgan fingerprint density at radius 3 is 2.18 bits per heavy atom. The minimum Gasteiger partial charge on any atom is -0.355 e. The van der Waals surface area contributed by atoms with E-state index in [1.807, 2.05) is 32.6 Å². The largest absolute Gasteiger partial charge is 0.355 e. The quantitative estimate of drug-likeness (QED) is 0.792. The van der Waals surface area contributed by atoms with Gasteiger partial charge in [0.25, 0.3) is 0 Å². The van der Waals surface area contributed by atoms with Crippen LogP contribution >= 0.6 is 0 Å². The molecule has 0 saturated carbocycles. The van der Waals surface area contributed by atoms with Crippen molar-refractivity contribution in [2.24, 2.45) is 11.3 Å². The van der Waals surface area contributed by atoms with E-state index in [0.29, 0.717) is 32.5 Å². The van der Waals surface area contributed by atoms with Gasteiger partial charge in [-0.05, 0) is 19.3 Å². The van der Waals surface area contributed by atoms with Crippen LogP contribution in [0.15, 0.2) is 0 Å². The number of rotatable bonds is 5. The smallest absolute Gasteiger partial charge is 0.239 e.